The van der Waals surface area contributed by atoms with Crippen molar-refractivity contribution < 1.29 is 9.53 Å². The summed E-state index contributed by atoms with van der Waals surface area (Å²) in [4.78, 5) is 15.7. The quantitative estimate of drug-likeness (QED) is 0.579. The highest BCUT2D eigenvalue weighted by Crippen LogP contribution is 2.32. The number of aromatic nitrogens is 2. The lowest BCUT2D eigenvalue weighted by Crippen LogP contribution is -2.05. The fourth-order valence-corrected chi connectivity index (χ4v) is 3.17. The maximum Gasteiger partial charge on any atom is 0.221 e. The van der Waals surface area contributed by atoms with Crippen LogP contribution in [-0.2, 0) is 4.79 Å². The Hall–Kier alpha value is -3.60. The van der Waals surface area contributed by atoms with Crippen LogP contribution in [-0.4, -0.2) is 22.4 Å². The number of carbonyl (C=O) groups excluding carboxylic acids is 1. The largest absolute Gasteiger partial charge is 0.497 e. The molecule has 134 valence electrons. The maximum absolute atomic E-state index is 11.4. The number of ether oxygens (including phenoxy) is 1. The van der Waals surface area contributed by atoms with Crippen LogP contribution in [0.1, 0.15) is 6.92 Å². The smallest absolute Gasteiger partial charge is 0.221 e. The summed E-state index contributed by atoms with van der Waals surface area (Å²) in [6.07, 6.45) is 5.70. The number of carbonyl (C=O) groups is 1. The first-order valence-corrected chi connectivity index (χ1v) is 8.62. The van der Waals surface area contributed by atoms with Crippen LogP contribution >= 0.6 is 0 Å². The Labute approximate surface area is 157 Å². The molecule has 0 radical (unpaired) electrons. The van der Waals surface area contributed by atoms with Gasteiger partial charge in [0.1, 0.15) is 5.75 Å². The van der Waals surface area contributed by atoms with Crippen molar-refractivity contribution in [1.82, 2.24) is 9.38 Å². The molecule has 27 heavy (non-hydrogen) atoms. The van der Waals surface area contributed by atoms with Gasteiger partial charge in [0.25, 0.3) is 0 Å². The van der Waals surface area contributed by atoms with Gasteiger partial charge in [-0.25, -0.2) is 4.98 Å². The molecule has 4 aromatic rings. The van der Waals surface area contributed by atoms with Crippen LogP contribution in [0.5, 0.6) is 5.75 Å². The summed E-state index contributed by atoms with van der Waals surface area (Å²) in [7, 11) is 1.66. The highest BCUT2D eigenvalue weighted by Gasteiger charge is 2.10. The highest BCUT2D eigenvalue weighted by molar-refractivity contribution is 5.90. The molecule has 4 rings (SSSR count). The van der Waals surface area contributed by atoms with Crippen molar-refractivity contribution in [2.24, 2.45) is 0 Å². The zero-order valence-corrected chi connectivity index (χ0v) is 15.1. The third kappa shape index (κ3) is 3.40. The average Bonchev–Trinajstić information content (AvgIpc) is 3.16. The van der Waals surface area contributed by atoms with Gasteiger partial charge in [-0.3, -0.25) is 4.79 Å². The van der Waals surface area contributed by atoms with E-state index in [1.807, 2.05) is 65.3 Å². The van der Waals surface area contributed by atoms with Crippen LogP contribution in [0.2, 0.25) is 0 Å². The number of nitrogens with one attached hydrogen (secondary N) is 1. The van der Waals surface area contributed by atoms with Crippen molar-refractivity contribution in [2.75, 3.05) is 12.4 Å². The third-order valence-corrected chi connectivity index (χ3v) is 4.44. The van der Waals surface area contributed by atoms with E-state index in [-0.39, 0.29) is 5.91 Å². The van der Waals surface area contributed by atoms with Crippen molar-refractivity contribution in [3.05, 3.63) is 73.3 Å². The Morgan fingerprint density at radius 1 is 1.04 bits per heavy atom. The standard InChI is InChI=1S/C22H19N3O2/c1-15(26)24-19-5-3-4-17(10-19)18-11-21(22-12-23-14-25(22)13-18)16-6-8-20(27-2)9-7-16/h3-14H,1-2H3,(H,24,26). The molecule has 1 N–H and O–H groups in total. The molecule has 0 aliphatic rings. The molecule has 0 aliphatic carbocycles. The zero-order chi connectivity index (χ0) is 18.8. The third-order valence-electron chi connectivity index (χ3n) is 4.44. The number of pyridine rings is 1. The number of rotatable bonds is 4. The van der Waals surface area contributed by atoms with Gasteiger partial charge < -0.3 is 14.5 Å². The van der Waals surface area contributed by atoms with E-state index >= 15 is 0 Å². The van der Waals surface area contributed by atoms with Crippen molar-refractivity contribution in [1.29, 1.82) is 0 Å². The second-order valence-corrected chi connectivity index (χ2v) is 6.32. The van der Waals surface area contributed by atoms with Crippen LogP contribution in [0.4, 0.5) is 5.69 Å². The zero-order valence-electron chi connectivity index (χ0n) is 15.1. The van der Waals surface area contributed by atoms with Crippen LogP contribution < -0.4 is 10.1 Å². The van der Waals surface area contributed by atoms with Crippen molar-refractivity contribution >= 4 is 17.1 Å². The summed E-state index contributed by atoms with van der Waals surface area (Å²) < 4.78 is 7.28. The SMILES string of the molecule is COc1ccc(-c2cc(-c3cccc(NC(C)=O)c3)cn3cncc23)cc1. The van der Waals surface area contributed by atoms with E-state index in [1.54, 1.807) is 13.4 Å². The lowest BCUT2D eigenvalue weighted by molar-refractivity contribution is -0.114. The van der Waals surface area contributed by atoms with Crippen LogP contribution in [0, 0.1) is 0 Å². The predicted molar refractivity (Wildman–Crippen MR) is 107 cm³/mol. The number of amides is 1. The van der Waals surface area contributed by atoms with E-state index in [9.17, 15) is 4.79 Å². The molecule has 2 aromatic carbocycles. The molecule has 0 saturated heterocycles. The maximum atomic E-state index is 11.4. The molecule has 2 heterocycles. The molecular formula is C22H19N3O2. The predicted octanol–water partition coefficient (Wildman–Crippen LogP) is 4.64. The summed E-state index contributed by atoms with van der Waals surface area (Å²) in [5.74, 6) is 0.735. The van der Waals surface area contributed by atoms with E-state index in [0.717, 1.165) is 39.2 Å². The number of imidazole rings is 1. The topological polar surface area (TPSA) is 55.6 Å². The first kappa shape index (κ1) is 16.8. The number of hydrogen-bond donors (Lipinski definition) is 1. The molecule has 5 nitrogen and oxygen atoms in total. The molecule has 0 atom stereocenters. The van der Waals surface area contributed by atoms with Gasteiger partial charge in [-0.15, -0.1) is 0 Å². The summed E-state index contributed by atoms with van der Waals surface area (Å²) in [6, 6.07) is 17.9. The van der Waals surface area contributed by atoms with Crippen LogP contribution in [0.15, 0.2) is 73.3 Å². The number of hydrogen-bond acceptors (Lipinski definition) is 3. The average molecular weight is 357 g/mol. The second kappa shape index (κ2) is 6.96. The number of benzene rings is 2. The molecule has 0 fully saturated rings. The number of anilines is 1. The van der Waals surface area contributed by atoms with Gasteiger partial charge in [0.15, 0.2) is 0 Å². The van der Waals surface area contributed by atoms with E-state index < -0.39 is 0 Å². The molecule has 0 unspecified atom stereocenters. The number of methoxy groups -OCH3 is 1. The fourth-order valence-electron chi connectivity index (χ4n) is 3.17. The van der Waals surface area contributed by atoms with E-state index in [4.69, 9.17) is 4.74 Å². The van der Waals surface area contributed by atoms with Crippen molar-refractivity contribution in [3.8, 4) is 28.0 Å². The lowest BCUT2D eigenvalue weighted by atomic mass is 10.00. The highest BCUT2D eigenvalue weighted by atomic mass is 16.5. The van der Waals surface area contributed by atoms with E-state index in [2.05, 4.69) is 16.4 Å². The summed E-state index contributed by atoms with van der Waals surface area (Å²) >= 11 is 0. The molecule has 0 spiro atoms. The first-order valence-electron chi connectivity index (χ1n) is 8.62. The number of nitrogens with zero attached hydrogens (tertiary/aromatic N) is 2. The van der Waals surface area contributed by atoms with Gasteiger partial charge >= 0.3 is 0 Å². The molecule has 0 bridgehead atoms. The minimum atomic E-state index is -0.0869. The van der Waals surface area contributed by atoms with E-state index in [0.29, 0.717) is 0 Å². The van der Waals surface area contributed by atoms with Gasteiger partial charge in [-0.1, -0.05) is 24.3 Å². The summed E-state index contributed by atoms with van der Waals surface area (Å²) in [5.41, 5.74) is 6.03. The van der Waals surface area contributed by atoms with Crippen LogP contribution in [0.25, 0.3) is 27.8 Å². The minimum absolute atomic E-state index is 0.0869. The van der Waals surface area contributed by atoms with Crippen LogP contribution in [0.3, 0.4) is 0 Å². The Morgan fingerprint density at radius 3 is 2.59 bits per heavy atom. The number of fused-ring (bicyclic) bond motifs is 1. The second-order valence-electron chi connectivity index (χ2n) is 6.32. The van der Waals surface area contributed by atoms with Gasteiger partial charge in [-0.05, 0) is 47.0 Å². The molecule has 5 heteroatoms. The molecule has 0 aliphatic heterocycles. The minimum Gasteiger partial charge on any atom is -0.497 e. The van der Waals surface area contributed by atoms with Gasteiger partial charge in [0, 0.05) is 24.4 Å². The molecular weight excluding hydrogens is 338 g/mol. The summed E-state index contributed by atoms with van der Waals surface area (Å²) in [6.45, 7) is 1.51. The molecule has 2 aromatic heterocycles. The normalized spacial score (nSPS) is 10.7. The molecule has 1 amide bonds. The Kier molecular flexibility index (Phi) is 4.34. The Bertz CT molecular complexity index is 1110. The first-order chi connectivity index (χ1) is 13.1. The Balaban J connectivity index is 1.84. The fraction of sp³-hybridized carbons (Fsp3) is 0.0909. The van der Waals surface area contributed by atoms with Gasteiger partial charge in [0.05, 0.1) is 25.2 Å². The lowest BCUT2D eigenvalue weighted by Gasteiger charge is -2.11. The van der Waals surface area contributed by atoms with Gasteiger partial charge in [-0.2, -0.15) is 0 Å². The van der Waals surface area contributed by atoms with Crippen molar-refractivity contribution in [3.63, 3.8) is 0 Å². The molecule has 0 saturated carbocycles. The summed E-state index contributed by atoms with van der Waals surface area (Å²) in [5, 5.41) is 2.83. The Morgan fingerprint density at radius 2 is 1.85 bits per heavy atom. The van der Waals surface area contributed by atoms with E-state index in [1.165, 1.54) is 6.92 Å². The monoisotopic (exact) mass is 357 g/mol. The van der Waals surface area contributed by atoms with Gasteiger partial charge in [0.2, 0.25) is 5.91 Å². The van der Waals surface area contributed by atoms with Crippen molar-refractivity contribution in [2.45, 2.75) is 6.92 Å².